The van der Waals surface area contributed by atoms with Crippen LogP contribution in [0.2, 0.25) is 0 Å². The minimum Gasteiger partial charge on any atom is -0.314 e. The summed E-state index contributed by atoms with van der Waals surface area (Å²) >= 11 is 0. The predicted octanol–water partition coefficient (Wildman–Crippen LogP) is 3.28. The van der Waals surface area contributed by atoms with Crippen molar-refractivity contribution in [2.24, 2.45) is 0 Å². The van der Waals surface area contributed by atoms with E-state index in [-0.39, 0.29) is 0 Å². The average Bonchev–Trinajstić information content (AvgIpc) is 2.33. The van der Waals surface area contributed by atoms with Gasteiger partial charge in [-0.05, 0) is 45.4 Å². The first-order valence-corrected chi connectivity index (χ1v) is 7.24. The molecule has 1 unspecified atom stereocenters. The number of unbranched alkanes of at least 4 members (excludes halogenated alkanes) is 1. The number of rotatable bonds is 11. The van der Waals surface area contributed by atoms with E-state index in [9.17, 15) is 0 Å². The van der Waals surface area contributed by atoms with E-state index in [0.29, 0.717) is 0 Å². The summed E-state index contributed by atoms with van der Waals surface area (Å²) in [5, 5.41) is 3.68. The maximum Gasteiger partial charge on any atom is 0.00644 e. The summed E-state index contributed by atoms with van der Waals surface area (Å²) in [6, 6.07) is 0.747. The first kappa shape index (κ1) is 15.9. The van der Waals surface area contributed by atoms with Gasteiger partial charge in [0.15, 0.2) is 0 Å². The topological polar surface area (TPSA) is 15.3 Å². The van der Waals surface area contributed by atoms with E-state index >= 15 is 0 Å². The fourth-order valence-electron chi connectivity index (χ4n) is 2.05. The van der Waals surface area contributed by atoms with Gasteiger partial charge >= 0.3 is 0 Å². The lowest BCUT2D eigenvalue weighted by Gasteiger charge is -2.20. The molecule has 0 aliphatic carbocycles. The zero-order chi connectivity index (χ0) is 12.2. The lowest BCUT2D eigenvalue weighted by atomic mass is 10.1. The summed E-state index contributed by atoms with van der Waals surface area (Å²) in [5.74, 6) is 0. The van der Waals surface area contributed by atoms with Gasteiger partial charge in [0.25, 0.3) is 0 Å². The van der Waals surface area contributed by atoms with Crippen molar-refractivity contribution >= 4 is 0 Å². The molecule has 0 aliphatic rings. The van der Waals surface area contributed by atoms with E-state index in [1.165, 1.54) is 58.3 Å². The molecule has 0 rings (SSSR count). The van der Waals surface area contributed by atoms with Gasteiger partial charge in [-0.1, -0.05) is 40.5 Å². The van der Waals surface area contributed by atoms with Gasteiger partial charge in [0.1, 0.15) is 0 Å². The molecule has 1 N–H and O–H groups in total. The van der Waals surface area contributed by atoms with Crippen LogP contribution in [0.5, 0.6) is 0 Å². The Kier molecular flexibility index (Phi) is 11.3. The van der Waals surface area contributed by atoms with Crippen molar-refractivity contribution in [1.29, 1.82) is 0 Å². The first-order valence-electron chi connectivity index (χ1n) is 7.24. The molecule has 98 valence electrons. The molecule has 1 atom stereocenters. The van der Waals surface area contributed by atoms with Crippen molar-refractivity contribution in [1.82, 2.24) is 10.2 Å². The summed E-state index contributed by atoms with van der Waals surface area (Å²) in [4.78, 5) is 2.49. The van der Waals surface area contributed by atoms with Gasteiger partial charge in [-0.25, -0.2) is 0 Å². The molecular weight excluding hydrogens is 196 g/mol. The first-order chi connectivity index (χ1) is 7.78. The highest BCUT2D eigenvalue weighted by Gasteiger charge is 2.04. The molecule has 0 amide bonds. The van der Waals surface area contributed by atoms with Gasteiger partial charge < -0.3 is 10.2 Å². The molecule has 0 aromatic heterocycles. The van der Waals surface area contributed by atoms with Crippen molar-refractivity contribution in [2.45, 2.75) is 65.8 Å². The van der Waals surface area contributed by atoms with Crippen LogP contribution in [0.4, 0.5) is 0 Å². The Labute approximate surface area is 103 Å². The maximum absolute atomic E-state index is 3.68. The van der Waals surface area contributed by atoms with E-state index in [4.69, 9.17) is 0 Å². The fourth-order valence-corrected chi connectivity index (χ4v) is 2.05. The molecule has 0 aliphatic heterocycles. The molecule has 16 heavy (non-hydrogen) atoms. The Morgan fingerprint density at radius 1 is 1.00 bits per heavy atom. The van der Waals surface area contributed by atoms with Gasteiger partial charge in [-0.2, -0.15) is 0 Å². The molecule has 0 fully saturated rings. The second-order valence-electron chi connectivity index (χ2n) is 4.58. The van der Waals surface area contributed by atoms with Crippen molar-refractivity contribution in [3.05, 3.63) is 0 Å². The van der Waals surface area contributed by atoms with Crippen LogP contribution in [-0.4, -0.2) is 37.1 Å². The third-order valence-electron chi connectivity index (χ3n) is 3.38. The molecule has 0 heterocycles. The number of nitrogens with one attached hydrogen (secondary N) is 1. The molecule has 0 radical (unpaired) electrons. The van der Waals surface area contributed by atoms with Crippen molar-refractivity contribution in [3.8, 4) is 0 Å². The Bertz CT molecular complexity index is 133. The van der Waals surface area contributed by atoms with Crippen LogP contribution < -0.4 is 5.32 Å². The standard InChI is InChI=1S/C14H32N2/c1-5-9-11-14(6-2)15-12-10-13-16(7-3)8-4/h14-15H,5-13H2,1-4H3. The van der Waals surface area contributed by atoms with Crippen LogP contribution in [0, 0.1) is 0 Å². The van der Waals surface area contributed by atoms with Gasteiger partial charge in [0, 0.05) is 6.04 Å². The van der Waals surface area contributed by atoms with E-state index in [1.807, 2.05) is 0 Å². The molecule has 0 aromatic carbocycles. The lowest BCUT2D eigenvalue weighted by Crippen LogP contribution is -2.32. The van der Waals surface area contributed by atoms with Crippen LogP contribution >= 0.6 is 0 Å². The molecular formula is C14H32N2. The predicted molar refractivity (Wildman–Crippen MR) is 74.0 cm³/mol. The van der Waals surface area contributed by atoms with E-state index < -0.39 is 0 Å². The van der Waals surface area contributed by atoms with E-state index in [0.717, 1.165) is 6.04 Å². The summed E-state index contributed by atoms with van der Waals surface area (Å²) in [6.45, 7) is 13.8. The highest BCUT2D eigenvalue weighted by atomic mass is 15.1. The smallest absolute Gasteiger partial charge is 0.00644 e. The normalized spacial score (nSPS) is 13.3. The highest BCUT2D eigenvalue weighted by Crippen LogP contribution is 2.03. The maximum atomic E-state index is 3.68. The second kappa shape index (κ2) is 11.4. The van der Waals surface area contributed by atoms with Crippen LogP contribution in [0.15, 0.2) is 0 Å². The Hall–Kier alpha value is -0.0800. The zero-order valence-electron chi connectivity index (χ0n) is 11.9. The largest absolute Gasteiger partial charge is 0.314 e. The van der Waals surface area contributed by atoms with Gasteiger partial charge in [0.2, 0.25) is 0 Å². The minimum atomic E-state index is 0.747. The number of nitrogens with zero attached hydrogens (tertiary/aromatic N) is 1. The summed E-state index contributed by atoms with van der Waals surface area (Å²) in [7, 11) is 0. The monoisotopic (exact) mass is 228 g/mol. The summed E-state index contributed by atoms with van der Waals surface area (Å²) in [5.41, 5.74) is 0. The average molecular weight is 228 g/mol. The number of hydrogen-bond donors (Lipinski definition) is 1. The SMILES string of the molecule is CCCCC(CC)NCCCN(CC)CC. The highest BCUT2D eigenvalue weighted by molar-refractivity contribution is 4.65. The summed E-state index contributed by atoms with van der Waals surface area (Å²) < 4.78 is 0. The molecule has 2 heteroatoms. The van der Waals surface area contributed by atoms with Gasteiger partial charge in [-0.3, -0.25) is 0 Å². The third kappa shape index (κ3) is 8.12. The zero-order valence-corrected chi connectivity index (χ0v) is 11.9. The lowest BCUT2D eigenvalue weighted by molar-refractivity contribution is 0.294. The molecule has 2 nitrogen and oxygen atoms in total. The van der Waals surface area contributed by atoms with Crippen LogP contribution in [0.1, 0.15) is 59.8 Å². The molecule has 0 spiro atoms. The molecule has 0 aromatic rings. The van der Waals surface area contributed by atoms with E-state index in [2.05, 4.69) is 37.9 Å². The Morgan fingerprint density at radius 2 is 1.69 bits per heavy atom. The Morgan fingerprint density at radius 3 is 2.19 bits per heavy atom. The van der Waals surface area contributed by atoms with E-state index in [1.54, 1.807) is 0 Å². The van der Waals surface area contributed by atoms with Crippen molar-refractivity contribution in [2.75, 3.05) is 26.2 Å². The van der Waals surface area contributed by atoms with Gasteiger partial charge in [-0.15, -0.1) is 0 Å². The summed E-state index contributed by atoms with van der Waals surface area (Å²) in [6.07, 6.45) is 6.58. The molecule has 0 bridgehead atoms. The molecule has 0 saturated heterocycles. The minimum absolute atomic E-state index is 0.747. The van der Waals surface area contributed by atoms with Crippen molar-refractivity contribution < 1.29 is 0 Å². The fraction of sp³-hybridized carbons (Fsp3) is 1.00. The Balaban J connectivity index is 3.46. The van der Waals surface area contributed by atoms with Crippen molar-refractivity contribution in [3.63, 3.8) is 0 Å². The van der Waals surface area contributed by atoms with Crippen LogP contribution in [-0.2, 0) is 0 Å². The quantitative estimate of drug-likeness (QED) is 0.546. The molecule has 0 saturated carbocycles. The third-order valence-corrected chi connectivity index (χ3v) is 3.38. The second-order valence-corrected chi connectivity index (χ2v) is 4.58. The van der Waals surface area contributed by atoms with Crippen LogP contribution in [0.3, 0.4) is 0 Å². The van der Waals surface area contributed by atoms with Crippen LogP contribution in [0.25, 0.3) is 0 Å². The van der Waals surface area contributed by atoms with Gasteiger partial charge in [0.05, 0.1) is 0 Å². The number of hydrogen-bond acceptors (Lipinski definition) is 2.